The molecule has 0 amide bonds. The molecule has 1 atom stereocenters. The standard InChI is InChI=1S/C27H28BrNO/c1-20-5-7-21(8-6-20)4-3-16-29-17-15-23-11-14-25(30-2)18-26(23)27(19-29)22-9-12-24(28)13-10-22/h3-14,18,27H,15-17,19H2,1-2H3. The number of ether oxygens (including phenoxy) is 1. The molecule has 0 saturated heterocycles. The van der Waals surface area contributed by atoms with Crippen molar-refractivity contribution in [3.63, 3.8) is 0 Å². The Morgan fingerprint density at radius 2 is 1.80 bits per heavy atom. The Kier molecular flexibility index (Phi) is 6.71. The maximum atomic E-state index is 5.54. The molecule has 0 saturated carbocycles. The molecule has 1 heterocycles. The molecule has 3 aromatic rings. The quantitative estimate of drug-likeness (QED) is 0.431. The number of nitrogens with zero attached hydrogens (tertiary/aromatic N) is 1. The van der Waals surface area contributed by atoms with Crippen LogP contribution in [0.25, 0.3) is 6.08 Å². The van der Waals surface area contributed by atoms with E-state index in [0.717, 1.165) is 36.3 Å². The monoisotopic (exact) mass is 461 g/mol. The number of methoxy groups -OCH3 is 1. The van der Waals surface area contributed by atoms with E-state index in [4.69, 9.17) is 4.74 Å². The second kappa shape index (κ2) is 9.63. The van der Waals surface area contributed by atoms with Crippen LogP contribution >= 0.6 is 15.9 Å². The van der Waals surface area contributed by atoms with Crippen LogP contribution in [0.15, 0.2) is 77.3 Å². The summed E-state index contributed by atoms with van der Waals surface area (Å²) in [6, 6.07) is 24.0. The summed E-state index contributed by atoms with van der Waals surface area (Å²) in [7, 11) is 1.75. The van der Waals surface area contributed by atoms with Crippen molar-refractivity contribution in [3.05, 3.63) is 105 Å². The van der Waals surface area contributed by atoms with Crippen LogP contribution < -0.4 is 4.74 Å². The largest absolute Gasteiger partial charge is 0.497 e. The van der Waals surface area contributed by atoms with Gasteiger partial charge in [0.15, 0.2) is 0 Å². The van der Waals surface area contributed by atoms with Gasteiger partial charge in [-0.2, -0.15) is 0 Å². The second-order valence-corrected chi connectivity index (χ2v) is 8.91. The SMILES string of the molecule is COc1ccc2c(c1)C(c1ccc(Br)cc1)CN(CC=Cc1ccc(C)cc1)CC2. The molecule has 0 aromatic heterocycles. The summed E-state index contributed by atoms with van der Waals surface area (Å²) < 4.78 is 6.66. The van der Waals surface area contributed by atoms with Crippen LogP contribution in [0.4, 0.5) is 0 Å². The third-order valence-corrected chi connectivity index (χ3v) is 6.42. The Balaban J connectivity index is 1.58. The van der Waals surface area contributed by atoms with Crippen LogP contribution in [0.5, 0.6) is 5.75 Å². The molecule has 2 nitrogen and oxygen atoms in total. The number of aryl methyl sites for hydroxylation is 1. The lowest BCUT2D eigenvalue weighted by molar-refractivity contribution is 0.306. The minimum Gasteiger partial charge on any atom is -0.497 e. The highest BCUT2D eigenvalue weighted by molar-refractivity contribution is 9.10. The third-order valence-electron chi connectivity index (χ3n) is 5.89. The molecule has 30 heavy (non-hydrogen) atoms. The minimum absolute atomic E-state index is 0.332. The Hall–Kier alpha value is -2.36. The van der Waals surface area contributed by atoms with E-state index in [-0.39, 0.29) is 0 Å². The van der Waals surface area contributed by atoms with Crippen LogP contribution in [-0.4, -0.2) is 31.6 Å². The molecule has 0 aliphatic carbocycles. The summed E-state index contributed by atoms with van der Waals surface area (Å²) in [5.41, 5.74) is 6.72. The molecule has 0 spiro atoms. The van der Waals surface area contributed by atoms with E-state index < -0.39 is 0 Å². The van der Waals surface area contributed by atoms with Crippen molar-refractivity contribution in [3.8, 4) is 5.75 Å². The number of rotatable bonds is 5. The van der Waals surface area contributed by atoms with Crippen molar-refractivity contribution in [2.75, 3.05) is 26.7 Å². The summed E-state index contributed by atoms with van der Waals surface area (Å²) in [6.45, 7) is 5.14. The van der Waals surface area contributed by atoms with Gasteiger partial charge in [0.25, 0.3) is 0 Å². The number of fused-ring (bicyclic) bond motifs is 1. The van der Waals surface area contributed by atoms with Gasteiger partial charge >= 0.3 is 0 Å². The fourth-order valence-electron chi connectivity index (χ4n) is 4.14. The van der Waals surface area contributed by atoms with Gasteiger partial charge in [0.1, 0.15) is 5.75 Å². The van der Waals surface area contributed by atoms with Crippen molar-refractivity contribution in [1.29, 1.82) is 0 Å². The first-order valence-corrected chi connectivity index (χ1v) is 11.3. The number of benzene rings is 3. The van der Waals surface area contributed by atoms with Crippen LogP contribution in [0.3, 0.4) is 0 Å². The Labute approximate surface area is 188 Å². The van der Waals surface area contributed by atoms with E-state index in [2.05, 4.69) is 107 Å². The predicted molar refractivity (Wildman–Crippen MR) is 129 cm³/mol. The lowest BCUT2D eigenvalue weighted by Crippen LogP contribution is -2.29. The van der Waals surface area contributed by atoms with Gasteiger partial charge in [-0.05, 0) is 59.9 Å². The molecule has 4 rings (SSSR count). The van der Waals surface area contributed by atoms with Crippen LogP contribution in [0.1, 0.15) is 33.7 Å². The zero-order valence-electron chi connectivity index (χ0n) is 17.6. The van der Waals surface area contributed by atoms with Crippen molar-refractivity contribution in [2.45, 2.75) is 19.3 Å². The molecule has 3 aromatic carbocycles. The van der Waals surface area contributed by atoms with Gasteiger partial charge < -0.3 is 4.74 Å². The van der Waals surface area contributed by atoms with Gasteiger partial charge in [-0.3, -0.25) is 4.90 Å². The molecule has 3 heteroatoms. The molecule has 1 unspecified atom stereocenters. The first-order chi connectivity index (χ1) is 14.6. The minimum atomic E-state index is 0.332. The Bertz CT molecular complexity index is 1010. The highest BCUT2D eigenvalue weighted by atomic mass is 79.9. The van der Waals surface area contributed by atoms with Gasteiger partial charge in [-0.15, -0.1) is 0 Å². The molecule has 0 fully saturated rings. The molecule has 0 radical (unpaired) electrons. The number of halogens is 1. The zero-order valence-corrected chi connectivity index (χ0v) is 19.2. The van der Waals surface area contributed by atoms with Gasteiger partial charge in [0, 0.05) is 30.0 Å². The topological polar surface area (TPSA) is 12.5 Å². The molecule has 1 aliphatic rings. The lowest BCUT2D eigenvalue weighted by Gasteiger charge is -2.24. The zero-order chi connectivity index (χ0) is 20.9. The maximum absolute atomic E-state index is 5.54. The lowest BCUT2D eigenvalue weighted by atomic mass is 9.88. The molecule has 0 bridgehead atoms. The van der Waals surface area contributed by atoms with E-state index in [1.807, 2.05) is 0 Å². The van der Waals surface area contributed by atoms with Crippen LogP contribution in [0.2, 0.25) is 0 Å². The van der Waals surface area contributed by atoms with E-state index in [1.165, 1.54) is 27.8 Å². The fourth-order valence-corrected chi connectivity index (χ4v) is 4.40. The van der Waals surface area contributed by atoms with E-state index in [0.29, 0.717) is 5.92 Å². The molecular weight excluding hydrogens is 434 g/mol. The maximum Gasteiger partial charge on any atom is 0.119 e. The average molecular weight is 462 g/mol. The highest BCUT2D eigenvalue weighted by Crippen LogP contribution is 2.34. The van der Waals surface area contributed by atoms with E-state index >= 15 is 0 Å². The molecule has 154 valence electrons. The average Bonchev–Trinajstić information content (AvgIpc) is 2.95. The van der Waals surface area contributed by atoms with Crippen molar-refractivity contribution in [2.24, 2.45) is 0 Å². The van der Waals surface area contributed by atoms with E-state index in [9.17, 15) is 0 Å². The first-order valence-electron chi connectivity index (χ1n) is 10.5. The van der Waals surface area contributed by atoms with Gasteiger partial charge in [0.2, 0.25) is 0 Å². The summed E-state index contributed by atoms with van der Waals surface area (Å²) >= 11 is 3.57. The number of hydrogen-bond donors (Lipinski definition) is 0. The first kappa shape index (κ1) is 20.9. The predicted octanol–water partition coefficient (Wildman–Crippen LogP) is 6.47. The third kappa shape index (κ3) is 5.03. The summed E-state index contributed by atoms with van der Waals surface area (Å²) in [5, 5.41) is 0. The Morgan fingerprint density at radius 1 is 1.03 bits per heavy atom. The van der Waals surface area contributed by atoms with Crippen molar-refractivity contribution in [1.82, 2.24) is 4.90 Å². The summed E-state index contributed by atoms with van der Waals surface area (Å²) in [5.74, 6) is 1.27. The second-order valence-electron chi connectivity index (χ2n) is 7.99. The van der Waals surface area contributed by atoms with Gasteiger partial charge in [0.05, 0.1) is 7.11 Å². The van der Waals surface area contributed by atoms with Gasteiger partial charge in [-0.25, -0.2) is 0 Å². The van der Waals surface area contributed by atoms with Crippen molar-refractivity contribution >= 4 is 22.0 Å². The van der Waals surface area contributed by atoms with Crippen LogP contribution in [-0.2, 0) is 6.42 Å². The Morgan fingerprint density at radius 3 is 2.53 bits per heavy atom. The van der Waals surface area contributed by atoms with Crippen LogP contribution in [0, 0.1) is 6.92 Å². The summed E-state index contributed by atoms with van der Waals surface area (Å²) in [4.78, 5) is 2.56. The highest BCUT2D eigenvalue weighted by Gasteiger charge is 2.24. The molecule has 0 N–H and O–H groups in total. The smallest absolute Gasteiger partial charge is 0.119 e. The number of hydrogen-bond acceptors (Lipinski definition) is 2. The molecule has 1 aliphatic heterocycles. The molecular formula is C27H28BrNO. The van der Waals surface area contributed by atoms with E-state index in [1.54, 1.807) is 7.11 Å². The summed E-state index contributed by atoms with van der Waals surface area (Å²) in [6.07, 6.45) is 5.58. The fraction of sp³-hybridized carbons (Fsp3) is 0.259. The normalized spacial score (nSPS) is 17.0. The van der Waals surface area contributed by atoms with Gasteiger partial charge in [-0.1, -0.05) is 76.1 Å². The van der Waals surface area contributed by atoms with Crippen molar-refractivity contribution < 1.29 is 4.74 Å².